The van der Waals surface area contributed by atoms with E-state index in [4.69, 9.17) is 42.6 Å². The van der Waals surface area contributed by atoms with E-state index >= 15 is 0 Å². The van der Waals surface area contributed by atoms with E-state index in [2.05, 4.69) is 192 Å². The van der Waals surface area contributed by atoms with Crippen LogP contribution in [0.2, 0.25) is 0 Å². The lowest BCUT2D eigenvalue weighted by Gasteiger charge is -2.48. The van der Waals surface area contributed by atoms with Crippen LogP contribution in [-0.2, 0) is 30.4 Å². The molecule has 1 aliphatic carbocycles. The summed E-state index contributed by atoms with van der Waals surface area (Å²) >= 11 is 0. The summed E-state index contributed by atoms with van der Waals surface area (Å²) in [4.78, 5) is 20.9. The molecule has 9 aliphatic rings. The van der Waals surface area contributed by atoms with Crippen LogP contribution in [0.25, 0.3) is 0 Å². The quantitative estimate of drug-likeness (QED) is 0.0463. The van der Waals surface area contributed by atoms with Crippen molar-refractivity contribution in [2.75, 3.05) is 175 Å². The molecule has 0 amide bonds. The van der Waals surface area contributed by atoms with Gasteiger partial charge in [0.15, 0.2) is 46.0 Å². The number of hydrogen-bond donors (Lipinski definition) is 0. The van der Waals surface area contributed by atoms with Crippen molar-refractivity contribution in [2.24, 2.45) is 35.5 Å². The Bertz CT molecular complexity index is 3360. The van der Waals surface area contributed by atoms with Gasteiger partial charge in [-0.15, -0.1) is 0 Å². The summed E-state index contributed by atoms with van der Waals surface area (Å²) in [6.45, 7) is 43.5. The molecule has 0 N–H and O–H groups in total. The first-order valence-corrected chi connectivity index (χ1v) is 40.2. The highest BCUT2D eigenvalue weighted by Crippen LogP contribution is 2.46. The molecule has 580 valence electrons. The summed E-state index contributed by atoms with van der Waals surface area (Å²) in [5.74, 6) is 11.2. The van der Waals surface area contributed by atoms with Crippen molar-refractivity contribution in [1.82, 2.24) is 39.2 Å². The first kappa shape index (κ1) is 81.2. The molecule has 4 saturated heterocycles. The van der Waals surface area contributed by atoms with E-state index in [1.807, 2.05) is 0 Å². The van der Waals surface area contributed by atoms with E-state index in [9.17, 15) is 0 Å². The monoisotopic (exact) mass is 1440 g/mol. The molecule has 17 nitrogen and oxygen atoms in total. The molecule has 8 heterocycles. The number of ether oxygens (including phenoxy) is 9. The summed E-state index contributed by atoms with van der Waals surface area (Å²) in [7, 11) is 17.8. The second-order valence-electron chi connectivity index (χ2n) is 34.0. The van der Waals surface area contributed by atoms with Gasteiger partial charge in [-0.2, -0.15) is 0 Å². The van der Waals surface area contributed by atoms with Crippen LogP contribution in [0.3, 0.4) is 0 Å². The second kappa shape index (κ2) is 38.1. The predicted molar refractivity (Wildman–Crippen MR) is 424 cm³/mol. The smallest absolute Gasteiger partial charge is 0.161 e. The summed E-state index contributed by atoms with van der Waals surface area (Å²) in [5, 5.41) is 0. The number of nitrogens with zero attached hydrogens (tertiary/aromatic N) is 8. The van der Waals surface area contributed by atoms with Crippen LogP contribution < -0.4 is 37.9 Å². The molecular formula is C87H138N8O9. The fraction of sp³-hybridized carbons (Fsp3) is 0.701. The number of rotatable bonds is 25. The topological polar surface area (TPSA) is 109 Å². The van der Waals surface area contributed by atoms with Crippen molar-refractivity contribution < 1.29 is 42.6 Å². The minimum absolute atomic E-state index is 0.453. The molecule has 13 rings (SSSR count). The largest absolute Gasteiger partial charge is 0.493 e. The molecule has 17 heteroatoms. The summed E-state index contributed by atoms with van der Waals surface area (Å²) in [5.41, 5.74) is 11.4. The Morgan fingerprint density at radius 3 is 0.952 bits per heavy atom. The first-order chi connectivity index (χ1) is 50.0. The van der Waals surface area contributed by atoms with Crippen LogP contribution in [0.4, 0.5) is 0 Å². The number of fused-ring (bicyclic) bond motifs is 12. The maximum atomic E-state index is 6.17. The molecule has 0 spiro atoms. The van der Waals surface area contributed by atoms with Crippen molar-refractivity contribution in [1.29, 1.82) is 0 Å². The molecule has 5 fully saturated rings. The molecule has 0 aromatic heterocycles. The molecule has 1 saturated carbocycles. The Kier molecular flexibility index (Phi) is 29.8. The number of methoxy groups -OCH3 is 5. The molecule has 0 unspecified atom stereocenters. The number of benzene rings is 4. The molecule has 4 aromatic carbocycles. The molecule has 8 aliphatic heterocycles. The molecule has 104 heavy (non-hydrogen) atoms. The zero-order valence-corrected chi connectivity index (χ0v) is 68.0. The fourth-order valence-electron chi connectivity index (χ4n) is 17.9. The van der Waals surface area contributed by atoms with Crippen molar-refractivity contribution >= 4 is 0 Å². The third-order valence-corrected chi connectivity index (χ3v) is 23.8. The van der Waals surface area contributed by atoms with Crippen LogP contribution in [0, 0.1) is 35.5 Å². The minimum Gasteiger partial charge on any atom is -0.493 e. The first-order valence-electron chi connectivity index (χ1n) is 40.2. The van der Waals surface area contributed by atoms with E-state index in [-0.39, 0.29) is 0 Å². The summed E-state index contributed by atoms with van der Waals surface area (Å²) in [6.07, 6.45) is 15.2. The maximum absolute atomic E-state index is 6.17. The number of likely N-dealkylation sites (N-methyl/N-ethyl adjacent to an activating group) is 4. The van der Waals surface area contributed by atoms with Gasteiger partial charge in [-0.05, 0) is 221 Å². The average molecular weight is 1440 g/mol. The van der Waals surface area contributed by atoms with Gasteiger partial charge in [0.25, 0.3) is 0 Å². The molecule has 0 radical (unpaired) electrons. The highest BCUT2D eigenvalue weighted by molar-refractivity contribution is 5.53. The van der Waals surface area contributed by atoms with Gasteiger partial charge in [-0.3, -0.25) is 19.6 Å². The fourth-order valence-corrected chi connectivity index (χ4v) is 17.9. The van der Waals surface area contributed by atoms with Crippen LogP contribution in [0.15, 0.2) is 61.2 Å². The SMILES string of the molecule is C=CCOc1cc2c(cc1OC)[C@H]1CN(C)[C@H](CC(C)C)CN1CC2.COCCOc1cc2c(cc1OC)[C@H]1CN(C)[C@H](CC(C)C)CN1CC2.COc1cc2c(cc1OCC(C)C)CCN1C[C@@H](CC(C)C)N(C)C[C@H]21.COc1cc2c(cc1OCC1CCC1)CCN1C[C@@H](CC(C)C)N(C)C[C@H]21. The van der Waals surface area contributed by atoms with E-state index in [0.29, 0.717) is 74.1 Å². The Morgan fingerprint density at radius 1 is 0.375 bits per heavy atom. The third kappa shape index (κ3) is 20.5. The molecular weight excluding hydrogens is 1300 g/mol. The van der Waals surface area contributed by atoms with Gasteiger partial charge in [0.2, 0.25) is 0 Å². The Labute approximate surface area is 629 Å². The average Bonchev–Trinajstić information content (AvgIpc) is 0.786. The lowest BCUT2D eigenvalue weighted by atomic mass is 9.86. The van der Waals surface area contributed by atoms with E-state index < -0.39 is 0 Å². The summed E-state index contributed by atoms with van der Waals surface area (Å²) in [6, 6.07) is 22.3. The maximum Gasteiger partial charge on any atom is 0.161 e. The van der Waals surface area contributed by atoms with Crippen LogP contribution in [0.5, 0.6) is 46.0 Å². The third-order valence-electron chi connectivity index (χ3n) is 23.8. The Morgan fingerprint density at radius 2 is 0.683 bits per heavy atom. The Balaban J connectivity index is 0.000000149. The number of piperazine rings is 4. The minimum atomic E-state index is 0.453. The van der Waals surface area contributed by atoms with Crippen LogP contribution in [-0.4, -0.2) is 239 Å². The van der Waals surface area contributed by atoms with E-state index in [1.54, 1.807) is 41.6 Å². The standard InChI is InChI=1S/C23H36N2O2.C22H36N2O2.C21H34N2O3.C21H32N2O2/c1-16(2)10-19-13-25-9-8-18-11-23(27-15-17-6-5-7-17)22(26-4)12-20(18)21(25)14-24(19)3;1-15(2)9-18-12-24-8-7-17-10-22(26-14-16(3)4)21(25-6)11-19(17)20(24)13-23(18)5;1-15(2)10-17-13-23-7-6-16-11-21(26-9-8-24-4)20(25-5)12-18(16)19(23)14-22(17)3;1-6-9-25-21-11-16-7-8-23-13-17(10-15(2)3)22(4)14-19(23)18(16)12-20(21)24-5/h11-12,16-17,19,21H,5-10,13-15H2,1-4H3;10-11,15-16,18,20H,7-9,12-14H2,1-6H3;11-12,15,17,19H,6-10,13-14H2,1-5H3;6,11-12,15,17,19H,1,7-10,13-14H2,2-5H3/t19-,21-;18-,20-;2*17-,19-/m1111/s1. The van der Waals surface area contributed by atoms with Gasteiger partial charge in [0.05, 0.1) is 48.3 Å². The lowest BCUT2D eigenvalue weighted by molar-refractivity contribution is 0.0294. The van der Waals surface area contributed by atoms with E-state index in [0.717, 1.165) is 180 Å². The highest BCUT2D eigenvalue weighted by Gasteiger charge is 2.42. The number of hydrogen-bond acceptors (Lipinski definition) is 17. The van der Waals surface area contributed by atoms with Gasteiger partial charge in [0, 0.05) is 134 Å². The van der Waals surface area contributed by atoms with Gasteiger partial charge >= 0.3 is 0 Å². The van der Waals surface area contributed by atoms with Gasteiger partial charge < -0.3 is 62.2 Å². The van der Waals surface area contributed by atoms with Gasteiger partial charge in [0.1, 0.15) is 13.2 Å². The highest BCUT2D eigenvalue weighted by atomic mass is 16.5. The lowest BCUT2D eigenvalue weighted by Crippen LogP contribution is -2.55. The van der Waals surface area contributed by atoms with Crippen molar-refractivity contribution in [3.63, 3.8) is 0 Å². The summed E-state index contributed by atoms with van der Waals surface area (Å²) < 4.78 is 51.6. The van der Waals surface area contributed by atoms with Gasteiger partial charge in [-0.1, -0.05) is 88.3 Å². The van der Waals surface area contributed by atoms with E-state index in [1.165, 1.54) is 103 Å². The van der Waals surface area contributed by atoms with Crippen LogP contribution in [0.1, 0.15) is 183 Å². The Hall–Kier alpha value is -5.34. The van der Waals surface area contributed by atoms with Crippen molar-refractivity contribution in [3.05, 3.63) is 106 Å². The van der Waals surface area contributed by atoms with Crippen molar-refractivity contribution in [2.45, 2.75) is 188 Å². The molecule has 4 aromatic rings. The molecule has 0 bridgehead atoms. The van der Waals surface area contributed by atoms with Gasteiger partial charge in [-0.25, -0.2) is 0 Å². The normalized spacial score (nSPS) is 24.5. The zero-order valence-electron chi connectivity index (χ0n) is 68.0. The van der Waals surface area contributed by atoms with Crippen LogP contribution >= 0.6 is 0 Å². The zero-order chi connectivity index (χ0) is 74.5. The van der Waals surface area contributed by atoms with Crippen molar-refractivity contribution in [3.8, 4) is 46.0 Å². The predicted octanol–water partition coefficient (Wildman–Crippen LogP) is 14.6. The second-order valence-corrected chi connectivity index (χ2v) is 34.0. The molecule has 8 atom stereocenters.